The van der Waals surface area contributed by atoms with E-state index < -0.39 is 23.9 Å². The van der Waals surface area contributed by atoms with E-state index in [4.69, 9.17) is 5.11 Å². The molecule has 5 nitrogen and oxygen atoms in total. The Kier molecular flexibility index (Phi) is 3.18. The van der Waals surface area contributed by atoms with Crippen LogP contribution in [0, 0.1) is 11.8 Å². The molecule has 1 fully saturated rings. The number of halogens is 3. The number of nitrogens with zero attached hydrogens (tertiary/aromatic N) is 3. The van der Waals surface area contributed by atoms with E-state index in [1.54, 1.807) is 11.8 Å². The third-order valence-corrected chi connectivity index (χ3v) is 3.72. The lowest BCUT2D eigenvalue weighted by molar-refractivity contribution is -0.144. The molecule has 0 amide bonds. The topological polar surface area (TPSA) is 66.3 Å². The van der Waals surface area contributed by atoms with Gasteiger partial charge in [0.05, 0.1) is 5.92 Å². The number of anilines is 1. The van der Waals surface area contributed by atoms with Gasteiger partial charge in [-0.15, -0.1) is 0 Å². The first-order valence-electron chi connectivity index (χ1n) is 5.17. The lowest BCUT2D eigenvalue weighted by atomic mass is 9.87. The monoisotopic (exact) mass is 281 g/mol. The quantitative estimate of drug-likeness (QED) is 0.913. The highest BCUT2D eigenvalue weighted by Gasteiger charge is 2.40. The molecule has 9 heteroatoms. The standard InChI is InChI=1S/C9H10F3N3O2S/c1-4(6(16)17)5-2-15(3-5)8-13-7(14-18-8)9(10,11)12/h4-5H,2-3H2,1H3,(H,16,17). The van der Waals surface area contributed by atoms with E-state index in [1.807, 2.05) is 0 Å². The Bertz CT molecular complexity index is 456. The fraction of sp³-hybridized carbons (Fsp3) is 0.667. The van der Waals surface area contributed by atoms with Crippen molar-refractivity contribution >= 4 is 22.6 Å². The summed E-state index contributed by atoms with van der Waals surface area (Å²) in [6, 6.07) is 0. The van der Waals surface area contributed by atoms with Crippen LogP contribution in [0.4, 0.5) is 18.3 Å². The van der Waals surface area contributed by atoms with E-state index in [-0.39, 0.29) is 11.0 Å². The normalized spacial score (nSPS) is 18.6. The summed E-state index contributed by atoms with van der Waals surface area (Å²) in [5, 5.41) is 8.98. The highest BCUT2D eigenvalue weighted by atomic mass is 32.1. The van der Waals surface area contributed by atoms with E-state index >= 15 is 0 Å². The molecule has 1 N–H and O–H groups in total. The zero-order chi connectivity index (χ0) is 13.5. The van der Waals surface area contributed by atoms with Crippen LogP contribution in [0.2, 0.25) is 0 Å². The average molecular weight is 281 g/mol. The molecule has 2 heterocycles. The van der Waals surface area contributed by atoms with Crippen LogP contribution in [0.1, 0.15) is 12.7 Å². The molecule has 0 saturated carbocycles. The molecule has 1 aliphatic rings. The third kappa shape index (κ3) is 2.40. The molecule has 1 atom stereocenters. The van der Waals surface area contributed by atoms with Crippen molar-refractivity contribution in [1.29, 1.82) is 0 Å². The highest BCUT2D eigenvalue weighted by Crippen LogP contribution is 2.34. The summed E-state index contributed by atoms with van der Waals surface area (Å²) in [6.45, 7) is 2.39. The SMILES string of the molecule is CC(C(=O)O)C1CN(c2nc(C(F)(F)F)ns2)C1. The van der Waals surface area contributed by atoms with E-state index in [2.05, 4.69) is 9.36 Å². The molecular formula is C9H10F3N3O2S. The van der Waals surface area contributed by atoms with Gasteiger partial charge in [-0.1, -0.05) is 6.92 Å². The molecular weight excluding hydrogens is 271 g/mol. The minimum Gasteiger partial charge on any atom is -0.481 e. The van der Waals surface area contributed by atoms with Gasteiger partial charge in [0.2, 0.25) is 11.0 Å². The van der Waals surface area contributed by atoms with E-state index in [1.165, 1.54) is 0 Å². The number of alkyl halides is 3. The summed E-state index contributed by atoms with van der Waals surface area (Å²) in [7, 11) is 0. The first-order valence-corrected chi connectivity index (χ1v) is 5.95. The molecule has 1 aromatic rings. The van der Waals surface area contributed by atoms with Crippen molar-refractivity contribution in [2.75, 3.05) is 18.0 Å². The summed E-state index contributed by atoms with van der Waals surface area (Å²) >= 11 is 0.680. The molecule has 1 unspecified atom stereocenters. The minimum atomic E-state index is -4.53. The highest BCUT2D eigenvalue weighted by molar-refractivity contribution is 7.09. The Labute approximate surface area is 104 Å². The maximum atomic E-state index is 12.3. The molecule has 0 aliphatic carbocycles. The summed E-state index contributed by atoms with van der Waals surface area (Å²) in [4.78, 5) is 15.7. The van der Waals surface area contributed by atoms with Crippen LogP contribution in [-0.2, 0) is 11.0 Å². The van der Waals surface area contributed by atoms with Crippen molar-refractivity contribution in [3.05, 3.63) is 5.82 Å². The van der Waals surface area contributed by atoms with Crippen LogP contribution in [0.25, 0.3) is 0 Å². The first kappa shape index (κ1) is 13.1. The van der Waals surface area contributed by atoms with Crippen molar-refractivity contribution in [3.8, 4) is 0 Å². The van der Waals surface area contributed by atoms with Gasteiger partial charge in [0.25, 0.3) is 0 Å². The van der Waals surface area contributed by atoms with Crippen LogP contribution < -0.4 is 4.90 Å². The number of aliphatic carboxylic acids is 1. The second-order valence-electron chi connectivity index (χ2n) is 4.19. The molecule has 2 rings (SSSR count). The first-order chi connectivity index (χ1) is 8.29. The van der Waals surface area contributed by atoms with Gasteiger partial charge in [0.15, 0.2) is 0 Å². The Morgan fingerprint density at radius 1 is 1.56 bits per heavy atom. The van der Waals surface area contributed by atoms with Gasteiger partial charge in [-0.05, 0) is 0 Å². The number of hydrogen-bond acceptors (Lipinski definition) is 5. The molecule has 0 radical (unpaired) electrons. The minimum absolute atomic E-state index is 0.0549. The number of carboxylic acids is 1. The molecule has 100 valence electrons. The van der Waals surface area contributed by atoms with Gasteiger partial charge in [0, 0.05) is 30.5 Å². The summed E-state index contributed by atoms with van der Waals surface area (Å²) in [5.41, 5.74) is 0. The predicted molar refractivity (Wildman–Crippen MR) is 57.4 cm³/mol. The van der Waals surface area contributed by atoms with E-state index in [9.17, 15) is 18.0 Å². The number of carbonyl (C=O) groups is 1. The van der Waals surface area contributed by atoms with Gasteiger partial charge in [0.1, 0.15) is 0 Å². The van der Waals surface area contributed by atoms with Crippen LogP contribution in [-0.4, -0.2) is 33.5 Å². The van der Waals surface area contributed by atoms with Crippen molar-refractivity contribution in [3.63, 3.8) is 0 Å². The Morgan fingerprint density at radius 3 is 2.61 bits per heavy atom. The van der Waals surface area contributed by atoms with Gasteiger partial charge < -0.3 is 10.0 Å². The molecule has 0 spiro atoms. The second kappa shape index (κ2) is 4.38. The molecule has 0 bridgehead atoms. The van der Waals surface area contributed by atoms with Gasteiger partial charge in [-0.25, -0.2) is 0 Å². The van der Waals surface area contributed by atoms with Crippen LogP contribution >= 0.6 is 11.5 Å². The Balaban J connectivity index is 1.97. The van der Waals surface area contributed by atoms with Crippen molar-refractivity contribution in [2.45, 2.75) is 13.1 Å². The average Bonchev–Trinajstić information content (AvgIpc) is 2.63. The smallest absolute Gasteiger partial charge is 0.452 e. The largest absolute Gasteiger partial charge is 0.481 e. The molecule has 1 aromatic heterocycles. The number of aromatic nitrogens is 2. The number of hydrogen-bond donors (Lipinski definition) is 1. The Hall–Kier alpha value is -1.38. The van der Waals surface area contributed by atoms with Crippen molar-refractivity contribution in [1.82, 2.24) is 9.36 Å². The lowest BCUT2D eigenvalue weighted by Gasteiger charge is -2.40. The van der Waals surface area contributed by atoms with E-state index in [0.717, 1.165) is 0 Å². The number of rotatable bonds is 3. The molecule has 1 aliphatic heterocycles. The maximum absolute atomic E-state index is 12.3. The van der Waals surface area contributed by atoms with Crippen molar-refractivity contribution < 1.29 is 23.1 Å². The summed E-state index contributed by atoms with van der Waals surface area (Å²) in [5.74, 6) is -2.60. The second-order valence-corrected chi connectivity index (χ2v) is 4.92. The Morgan fingerprint density at radius 2 is 2.17 bits per heavy atom. The van der Waals surface area contributed by atoms with Crippen LogP contribution in [0.5, 0.6) is 0 Å². The molecule has 1 saturated heterocycles. The van der Waals surface area contributed by atoms with Gasteiger partial charge in [-0.3, -0.25) is 4.79 Å². The van der Waals surface area contributed by atoms with Crippen LogP contribution in [0.15, 0.2) is 0 Å². The maximum Gasteiger partial charge on any atom is 0.452 e. The summed E-state index contributed by atoms with van der Waals surface area (Å²) in [6.07, 6.45) is -4.53. The number of carboxylic acid groups (broad SMARTS) is 1. The zero-order valence-corrected chi connectivity index (χ0v) is 10.1. The molecule has 0 aromatic carbocycles. The third-order valence-electron chi connectivity index (χ3n) is 2.95. The van der Waals surface area contributed by atoms with Gasteiger partial charge in [-0.2, -0.15) is 22.5 Å². The predicted octanol–water partition coefficient (Wildman–Crippen LogP) is 1.71. The fourth-order valence-electron chi connectivity index (χ4n) is 1.65. The fourth-order valence-corrected chi connectivity index (χ4v) is 2.35. The summed E-state index contributed by atoms with van der Waals surface area (Å²) < 4.78 is 40.1. The lowest BCUT2D eigenvalue weighted by Crippen LogP contribution is -2.51. The van der Waals surface area contributed by atoms with E-state index in [0.29, 0.717) is 24.6 Å². The zero-order valence-electron chi connectivity index (χ0n) is 9.31. The van der Waals surface area contributed by atoms with Gasteiger partial charge >= 0.3 is 12.1 Å². The molecule has 18 heavy (non-hydrogen) atoms. The van der Waals surface area contributed by atoms with Crippen LogP contribution in [0.3, 0.4) is 0 Å². The van der Waals surface area contributed by atoms with Crippen molar-refractivity contribution in [2.24, 2.45) is 11.8 Å².